The number of carbonyl (C=O) groups excluding carboxylic acids is 1. The molecule has 1 heterocycles. The molecule has 1 aromatic heterocycles. The molecule has 0 fully saturated rings. The molecule has 1 atom stereocenters. The molecule has 0 aliphatic rings. The van der Waals surface area contributed by atoms with Gasteiger partial charge < -0.3 is 25.7 Å². The number of unbranched alkanes of at least 4 members (excludes halogenated alkanes) is 4. The summed E-state index contributed by atoms with van der Waals surface area (Å²) < 4.78 is 6.67. The first-order chi connectivity index (χ1) is 13.8. The zero-order chi connectivity index (χ0) is 21.9. The summed E-state index contributed by atoms with van der Waals surface area (Å²) in [6.07, 6.45) is 8.00. The normalized spacial score (nSPS) is 13.2. The number of methoxy groups -OCH3 is 1. The third kappa shape index (κ3) is 7.82. The number of nitrogens with two attached hydrogens (primary N) is 1. The van der Waals surface area contributed by atoms with Crippen molar-refractivity contribution in [2.45, 2.75) is 71.3 Å². The summed E-state index contributed by atoms with van der Waals surface area (Å²) in [7, 11) is 3.08. The van der Waals surface area contributed by atoms with Crippen molar-refractivity contribution in [1.29, 1.82) is 0 Å². The van der Waals surface area contributed by atoms with Gasteiger partial charge in [-0.1, -0.05) is 39.0 Å². The lowest BCUT2D eigenvalue weighted by Gasteiger charge is -2.31. The summed E-state index contributed by atoms with van der Waals surface area (Å²) in [5.74, 6) is -0.206. The lowest BCUT2D eigenvalue weighted by molar-refractivity contribution is 0.0945. The van der Waals surface area contributed by atoms with Crippen molar-refractivity contribution in [2.24, 2.45) is 12.8 Å². The fourth-order valence-corrected chi connectivity index (χ4v) is 3.51. The Kier molecular flexibility index (Phi) is 11.0. The van der Waals surface area contributed by atoms with Crippen molar-refractivity contribution in [2.75, 3.05) is 26.7 Å². The predicted molar refractivity (Wildman–Crippen MR) is 119 cm³/mol. The lowest BCUT2D eigenvalue weighted by Crippen LogP contribution is -2.47. The molecular weight excluding hydrogens is 368 g/mol. The van der Waals surface area contributed by atoms with Gasteiger partial charge in [-0.25, -0.2) is 0 Å². The topological polar surface area (TPSA) is 98.4 Å². The molecule has 1 aromatic rings. The lowest BCUT2D eigenvalue weighted by atomic mass is 9.90. The van der Waals surface area contributed by atoms with Gasteiger partial charge in [-0.05, 0) is 32.8 Å². The van der Waals surface area contributed by atoms with Crippen molar-refractivity contribution >= 4 is 5.91 Å². The molecule has 0 bridgehead atoms. The van der Waals surface area contributed by atoms with Crippen LogP contribution in [0.15, 0.2) is 10.9 Å². The number of ether oxygens (including phenoxy) is 1. The Morgan fingerprint density at radius 1 is 1.21 bits per heavy atom. The van der Waals surface area contributed by atoms with E-state index in [4.69, 9.17) is 10.5 Å². The van der Waals surface area contributed by atoms with Crippen LogP contribution >= 0.6 is 0 Å². The molecule has 7 nitrogen and oxygen atoms in total. The zero-order valence-corrected chi connectivity index (χ0v) is 18.9. The standard InChI is InChI=1S/C22H40N4O3/c1-6-7-8-9-10-11-22(3,25-15-13-23)12-14-24-20(27)18-16-17(2)26(4)21(28)19(18)29-5/h16,25H,6-15,23H2,1-5H3,(H,24,27). The minimum atomic E-state index is -0.306. The average molecular weight is 409 g/mol. The molecule has 4 N–H and O–H groups in total. The first-order valence-electron chi connectivity index (χ1n) is 10.8. The maximum atomic E-state index is 12.7. The summed E-state index contributed by atoms with van der Waals surface area (Å²) >= 11 is 0. The second kappa shape index (κ2) is 12.6. The summed E-state index contributed by atoms with van der Waals surface area (Å²) in [6, 6.07) is 1.69. The van der Waals surface area contributed by atoms with E-state index in [9.17, 15) is 9.59 Å². The molecule has 0 saturated carbocycles. The van der Waals surface area contributed by atoms with E-state index >= 15 is 0 Å². The van der Waals surface area contributed by atoms with Crippen molar-refractivity contribution in [3.8, 4) is 5.75 Å². The van der Waals surface area contributed by atoms with Crippen LogP contribution in [0.4, 0.5) is 0 Å². The van der Waals surface area contributed by atoms with Crippen LogP contribution in [0.2, 0.25) is 0 Å². The third-order valence-electron chi connectivity index (χ3n) is 5.57. The van der Waals surface area contributed by atoms with E-state index in [0.29, 0.717) is 18.8 Å². The van der Waals surface area contributed by atoms with Gasteiger partial charge in [-0.2, -0.15) is 0 Å². The van der Waals surface area contributed by atoms with E-state index in [2.05, 4.69) is 24.5 Å². The monoisotopic (exact) mass is 408 g/mol. The number of hydrogen-bond acceptors (Lipinski definition) is 5. The summed E-state index contributed by atoms with van der Waals surface area (Å²) in [5, 5.41) is 6.50. The number of hydrogen-bond donors (Lipinski definition) is 3. The largest absolute Gasteiger partial charge is 0.491 e. The molecule has 1 amide bonds. The molecule has 1 unspecified atom stereocenters. The van der Waals surface area contributed by atoms with Crippen LogP contribution in [-0.4, -0.2) is 42.8 Å². The molecular formula is C22H40N4O3. The molecule has 0 aliphatic heterocycles. The second-order valence-electron chi connectivity index (χ2n) is 8.04. The van der Waals surface area contributed by atoms with Crippen molar-refractivity contribution in [3.05, 3.63) is 27.7 Å². The first kappa shape index (κ1) is 25.2. The van der Waals surface area contributed by atoms with Gasteiger partial charge in [0.1, 0.15) is 0 Å². The van der Waals surface area contributed by atoms with E-state index in [0.717, 1.165) is 25.8 Å². The van der Waals surface area contributed by atoms with Gasteiger partial charge in [0.05, 0.1) is 12.7 Å². The van der Waals surface area contributed by atoms with E-state index < -0.39 is 0 Å². The quantitative estimate of drug-likeness (QED) is 0.411. The Bertz CT molecular complexity index is 702. The van der Waals surface area contributed by atoms with Crippen LogP contribution in [0.25, 0.3) is 0 Å². The molecule has 1 rings (SSSR count). The minimum absolute atomic E-state index is 0.0777. The van der Waals surface area contributed by atoms with Crippen LogP contribution in [0.1, 0.15) is 74.8 Å². The number of pyridine rings is 1. The zero-order valence-electron chi connectivity index (χ0n) is 18.9. The van der Waals surface area contributed by atoms with Gasteiger partial charge in [0, 0.05) is 37.9 Å². The van der Waals surface area contributed by atoms with Crippen molar-refractivity contribution in [1.82, 2.24) is 15.2 Å². The Labute approximate surface area is 175 Å². The van der Waals surface area contributed by atoms with Crippen molar-refractivity contribution in [3.63, 3.8) is 0 Å². The summed E-state index contributed by atoms with van der Waals surface area (Å²) in [5.41, 5.74) is 6.29. The van der Waals surface area contributed by atoms with E-state index in [1.165, 1.54) is 37.4 Å². The van der Waals surface area contributed by atoms with E-state index in [1.807, 2.05) is 0 Å². The highest BCUT2D eigenvalue weighted by atomic mass is 16.5. The fourth-order valence-electron chi connectivity index (χ4n) is 3.51. The second-order valence-corrected chi connectivity index (χ2v) is 8.04. The molecule has 29 heavy (non-hydrogen) atoms. The van der Waals surface area contributed by atoms with Gasteiger partial charge in [-0.15, -0.1) is 0 Å². The maximum Gasteiger partial charge on any atom is 0.293 e. The van der Waals surface area contributed by atoms with Crippen LogP contribution < -0.4 is 26.7 Å². The molecule has 166 valence electrons. The van der Waals surface area contributed by atoms with Crippen LogP contribution in [0.5, 0.6) is 5.75 Å². The third-order valence-corrected chi connectivity index (χ3v) is 5.57. The van der Waals surface area contributed by atoms with Crippen LogP contribution in [0, 0.1) is 6.92 Å². The minimum Gasteiger partial charge on any atom is -0.491 e. The van der Waals surface area contributed by atoms with Gasteiger partial charge in [0.15, 0.2) is 5.75 Å². The fraction of sp³-hybridized carbons (Fsp3) is 0.727. The molecule has 0 saturated heterocycles. The smallest absolute Gasteiger partial charge is 0.293 e. The Morgan fingerprint density at radius 3 is 2.52 bits per heavy atom. The number of rotatable bonds is 14. The highest BCUT2D eigenvalue weighted by Gasteiger charge is 2.24. The summed E-state index contributed by atoms with van der Waals surface area (Å²) in [6.45, 7) is 8.05. The molecule has 0 radical (unpaired) electrons. The predicted octanol–water partition coefficient (Wildman–Crippen LogP) is 2.49. The van der Waals surface area contributed by atoms with Crippen LogP contribution in [0.3, 0.4) is 0 Å². The van der Waals surface area contributed by atoms with Gasteiger partial charge in [-0.3, -0.25) is 9.59 Å². The average Bonchev–Trinajstić information content (AvgIpc) is 2.70. The Balaban J connectivity index is 2.71. The number of nitrogens with one attached hydrogen (secondary N) is 2. The number of aromatic nitrogens is 1. The van der Waals surface area contributed by atoms with Crippen molar-refractivity contribution < 1.29 is 9.53 Å². The SMILES string of the molecule is CCCCCCCC(C)(CCNC(=O)c1cc(C)n(C)c(=O)c1OC)NCCN. The maximum absolute atomic E-state index is 12.7. The summed E-state index contributed by atoms with van der Waals surface area (Å²) in [4.78, 5) is 25.0. The highest BCUT2D eigenvalue weighted by molar-refractivity contribution is 5.96. The van der Waals surface area contributed by atoms with E-state index in [1.54, 1.807) is 20.0 Å². The number of carbonyl (C=O) groups is 1. The number of nitrogens with zero attached hydrogens (tertiary/aromatic N) is 1. The van der Waals surface area contributed by atoms with E-state index in [-0.39, 0.29) is 28.3 Å². The molecule has 0 spiro atoms. The number of aryl methyl sites for hydroxylation is 1. The highest BCUT2D eigenvalue weighted by Crippen LogP contribution is 2.20. The molecule has 0 aromatic carbocycles. The van der Waals surface area contributed by atoms with Crippen LogP contribution in [-0.2, 0) is 7.05 Å². The van der Waals surface area contributed by atoms with Gasteiger partial charge in [0.25, 0.3) is 11.5 Å². The first-order valence-corrected chi connectivity index (χ1v) is 10.8. The van der Waals surface area contributed by atoms with Gasteiger partial charge in [0.2, 0.25) is 0 Å². The van der Waals surface area contributed by atoms with Gasteiger partial charge >= 0.3 is 0 Å². The Morgan fingerprint density at radius 2 is 1.90 bits per heavy atom. The Hall–Kier alpha value is -1.86. The molecule has 7 heteroatoms. The number of amides is 1. The molecule has 0 aliphatic carbocycles.